The fourth-order valence-electron chi connectivity index (χ4n) is 0.609. The molecule has 0 aromatic carbocycles. The molecule has 0 aromatic rings. The van der Waals surface area contributed by atoms with E-state index in [2.05, 4.69) is 0 Å². The summed E-state index contributed by atoms with van der Waals surface area (Å²) in [7, 11) is -5.43. The first-order chi connectivity index (χ1) is 5.11. The van der Waals surface area contributed by atoms with Gasteiger partial charge < -0.3 is 0 Å². The summed E-state index contributed by atoms with van der Waals surface area (Å²) in [4.78, 5) is 0. The van der Waals surface area contributed by atoms with Gasteiger partial charge in [0.25, 0.3) is 0 Å². The maximum atomic E-state index is 10.3. The molecule has 0 aromatic heterocycles. The van der Waals surface area contributed by atoms with E-state index in [9.17, 15) is 18.3 Å². The lowest BCUT2D eigenvalue weighted by atomic mass is 11.0. The largest absolute Gasteiger partial charge is 0.428 e. The molecule has 6 nitrogen and oxygen atoms in total. The van der Waals surface area contributed by atoms with Gasteiger partial charge in [-0.05, 0) is 0 Å². The first-order valence-electron chi connectivity index (χ1n) is 2.61. The van der Waals surface area contributed by atoms with Gasteiger partial charge in [-0.1, -0.05) is 0 Å². The van der Waals surface area contributed by atoms with Crippen molar-refractivity contribution in [3.05, 3.63) is 12.4 Å². The normalized spacial score (nSPS) is 15.6. The van der Waals surface area contributed by atoms with Gasteiger partial charge >= 0.3 is 15.7 Å². The van der Waals surface area contributed by atoms with Gasteiger partial charge in [0.15, 0.2) is 0 Å². The van der Waals surface area contributed by atoms with Gasteiger partial charge in [-0.3, -0.25) is 9.34 Å². The lowest BCUT2D eigenvalue weighted by Crippen LogP contribution is -2.11. The molecule has 11 heavy (non-hydrogen) atoms. The minimum atomic E-state index is -2.72. The van der Waals surface area contributed by atoms with E-state index < -0.39 is 15.7 Å². The van der Waals surface area contributed by atoms with E-state index in [1.807, 2.05) is 0 Å². The second kappa shape index (κ2) is 3.03. The highest BCUT2D eigenvalue weighted by Crippen LogP contribution is 2.26. The van der Waals surface area contributed by atoms with E-state index in [0.29, 0.717) is 0 Å². The molecule has 0 saturated heterocycles. The predicted molar refractivity (Wildman–Crippen MR) is 34.3 cm³/mol. The zero-order chi connectivity index (χ0) is 8.43. The van der Waals surface area contributed by atoms with E-state index in [4.69, 9.17) is 0 Å². The monoisotopic (exact) mass is 194 g/mol. The van der Waals surface area contributed by atoms with Gasteiger partial charge in [0, 0.05) is 12.4 Å². The maximum absolute atomic E-state index is 10.3. The summed E-state index contributed by atoms with van der Waals surface area (Å²) in [5, 5.41) is 0. The van der Waals surface area contributed by atoms with Crippen LogP contribution in [0.3, 0.4) is 0 Å². The van der Waals surface area contributed by atoms with Gasteiger partial charge in [-0.15, -0.1) is 0 Å². The van der Waals surface area contributed by atoms with Gasteiger partial charge in [0.1, 0.15) is 6.67 Å². The second-order valence-corrected chi connectivity index (χ2v) is 3.77. The molecule has 1 rings (SSSR count). The SMILES string of the molecule is O=P(=O)N1C=CN(P(=O)=O)C1. The molecule has 0 spiro atoms. The third-order valence-corrected chi connectivity index (χ3v) is 2.48. The van der Waals surface area contributed by atoms with Crippen molar-refractivity contribution in [2.24, 2.45) is 0 Å². The molecule has 8 heteroatoms. The zero-order valence-corrected chi connectivity index (χ0v) is 7.07. The van der Waals surface area contributed by atoms with E-state index in [1.54, 1.807) is 0 Å². The van der Waals surface area contributed by atoms with Crippen LogP contribution in [0.1, 0.15) is 0 Å². The summed E-state index contributed by atoms with van der Waals surface area (Å²) in [6.45, 7) is -0.141. The van der Waals surface area contributed by atoms with Crippen molar-refractivity contribution in [2.75, 3.05) is 6.67 Å². The van der Waals surface area contributed by atoms with Crippen molar-refractivity contribution in [2.45, 2.75) is 0 Å². The molecular weight excluding hydrogens is 190 g/mol. The topological polar surface area (TPSA) is 74.8 Å². The third-order valence-electron chi connectivity index (χ3n) is 1.12. The minimum absolute atomic E-state index is 0.141. The summed E-state index contributed by atoms with van der Waals surface area (Å²) < 4.78 is 42.8. The highest BCUT2D eigenvalue weighted by Gasteiger charge is 2.18. The average Bonchev–Trinajstić information content (AvgIpc) is 2.33. The van der Waals surface area contributed by atoms with Crippen LogP contribution in [0.25, 0.3) is 0 Å². The van der Waals surface area contributed by atoms with E-state index >= 15 is 0 Å². The number of nitrogens with zero attached hydrogens (tertiary/aromatic N) is 2. The molecule has 0 aliphatic carbocycles. The van der Waals surface area contributed by atoms with Crippen LogP contribution >= 0.6 is 15.7 Å². The van der Waals surface area contributed by atoms with Crippen molar-refractivity contribution in [1.29, 1.82) is 0 Å². The summed E-state index contributed by atoms with van der Waals surface area (Å²) in [5.41, 5.74) is 0. The van der Waals surface area contributed by atoms with Crippen molar-refractivity contribution < 1.29 is 18.3 Å². The van der Waals surface area contributed by atoms with Crippen LogP contribution in [-0.2, 0) is 18.3 Å². The number of hydrogen-bond donors (Lipinski definition) is 0. The Bertz CT molecular complexity index is 271. The van der Waals surface area contributed by atoms with Crippen LogP contribution < -0.4 is 0 Å². The fraction of sp³-hybridized carbons (Fsp3) is 0.333. The Labute approximate surface area is 63.2 Å². The highest BCUT2D eigenvalue weighted by atomic mass is 31.1. The van der Waals surface area contributed by atoms with Crippen LogP contribution in [0.2, 0.25) is 0 Å². The average molecular weight is 194 g/mol. The van der Waals surface area contributed by atoms with Crippen LogP contribution in [0, 0.1) is 0 Å². The van der Waals surface area contributed by atoms with Gasteiger partial charge in [-0.25, -0.2) is 18.3 Å². The van der Waals surface area contributed by atoms with E-state index in [0.717, 1.165) is 9.34 Å². The quantitative estimate of drug-likeness (QED) is 0.615. The number of hydrogen-bond acceptors (Lipinski definition) is 4. The smallest absolute Gasteiger partial charge is 0.253 e. The second-order valence-electron chi connectivity index (χ2n) is 1.79. The van der Waals surface area contributed by atoms with Crippen molar-refractivity contribution >= 4 is 15.7 Å². The first-order valence-corrected chi connectivity index (χ1v) is 4.87. The molecule has 1 aliphatic heterocycles. The van der Waals surface area contributed by atoms with Crippen LogP contribution in [0.5, 0.6) is 0 Å². The van der Waals surface area contributed by atoms with Crippen molar-refractivity contribution in [3.63, 3.8) is 0 Å². The fourth-order valence-corrected chi connectivity index (χ4v) is 1.52. The molecule has 0 unspecified atom stereocenters. The Balaban J connectivity index is 2.70. The Kier molecular flexibility index (Phi) is 2.27. The van der Waals surface area contributed by atoms with Gasteiger partial charge in [0.2, 0.25) is 0 Å². The molecular formula is C3H4N2O4P2. The lowest BCUT2D eigenvalue weighted by Gasteiger charge is -2.05. The molecule has 1 aliphatic rings. The summed E-state index contributed by atoms with van der Waals surface area (Å²) in [5.74, 6) is 0. The minimum Gasteiger partial charge on any atom is -0.253 e. The zero-order valence-electron chi connectivity index (χ0n) is 5.28. The molecule has 0 N–H and O–H groups in total. The first kappa shape index (κ1) is 8.24. The van der Waals surface area contributed by atoms with E-state index in [1.165, 1.54) is 12.4 Å². The van der Waals surface area contributed by atoms with Gasteiger partial charge in [0.05, 0.1) is 0 Å². The lowest BCUT2D eigenvalue weighted by molar-refractivity contribution is 0.401. The molecule has 1 heterocycles. The maximum Gasteiger partial charge on any atom is 0.428 e. The Morgan fingerprint density at radius 1 is 0.909 bits per heavy atom. The van der Waals surface area contributed by atoms with Crippen molar-refractivity contribution in [1.82, 2.24) is 9.34 Å². The summed E-state index contributed by atoms with van der Waals surface area (Å²) >= 11 is 0. The highest BCUT2D eigenvalue weighted by molar-refractivity contribution is 7.29. The molecule has 0 saturated carbocycles. The van der Waals surface area contributed by atoms with Crippen molar-refractivity contribution in [3.8, 4) is 0 Å². The molecule has 0 fully saturated rings. The Morgan fingerprint density at radius 2 is 1.27 bits per heavy atom. The number of rotatable bonds is 2. The molecule has 0 bridgehead atoms. The molecule has 60 valence electrons. The standard InChI is InChI=1S/C3H4N2O4P2/c6-10(7)4-1-2-5(3-4)11(8)9/h1-2H,3H2. The van der Waals surface area contributed by atoms with Crippen LogP contribution in [-0.4, -0.2) is 16.0 Å². The van der Waals surface area contributed by atoms with Gasteiger partial charge in [-0.2, -0.15) is 0 Å². The van der Waals surface area contributed by atoms with Crippen LogP contribution in [0.15, 0.2) is 12.4 Å². The molecule has 0 radical (unpaired) electrons. The Hall–Kier alpha value is -0.860. The predicted octanol–water partition coefficient (Wildman–Crippen LogP) is 1.21. The van der Waals surface area contributed by atoms with Crippen LogP contribution in [0.4, 0.5) is 0 Å². The Morgan fingerprint density at radius 3 is 1.45 bits per heavy atom. The summed E-state index contributed by atoms with van der Waals surface area (Å²) in [6.07, 6.45) is 2.38. The molecule has 0 atom stereocenters. The molecule has 0 amide bonds. The van der Waals surface area contributed by atoms with E-state index in [-0.39, 0.29) is 6.67 Å². The summed E-state index contributed by atoms with van der Waals surface area (Å²) in [6, 6.07) is 0. The third kappa shape index (κ3) is 1.79.